The highest BCUT2D eigenvalue weighted by atomic mass is 16.5. The monoisotopic (exact) mass is 456 g/mol. The quantitative estimate of drug-likeness (QED) is 0.469. The summed E-state index contributed by atoms with van der Waals surface area (Å²) in [6.07, 6.45) is 4.70. The molecule has 3 aliphatic rings. The van der Waals surface area contributed by atoms with E-state index in [4.69, 9.17) is 4.74 Å². The predicted molar refractivity (Wildman–Crippen MR) is 130 cm³/mol. The topological polar surface area (TPSA) is 68.9 Å². The Kier molecular flexibility index (Phi) is 4.78. The van der Waals surface area contributed by atoms with Crippen molar-refractivity contribution in [3.8, 4) is 5.75 Å². The van der Waals surface area contributed by atoms with E-state index in [1.165, 1.54) is 4.90 Å². The van der Waals surface area contributed by atoms with Crippen LogP contribution in [-0.2, 0) is 11.2 Å². The standard InChI is InChI=1S/C27H28N4O3/c1-27-17-21-20-16-19(34-2)10-11-22(20)28-23(21)24(18-8-4-3-5-9-18)31(27)26(33)30(25(27)32)15-14-29-12-6-7-13-29/h3-11,16,24,28H,12-15,17H2,1-2H3/t24-,27+/m1/s1. The van der Waals surface area contributed by atoms with Gasteiger partial charge in [-0.2, -0.15) is 0 Å². The van der Waals surface area contributed by atoms with Gasteiger partial charge in [0.1, 0.15) is 17.3 Å². The van der Waals surface area contributed by atoms with Crippen molar-refractivity contribution in [3.05, 3.63) is 77.5 Å². The number of H-pyrrole nitrogens is 1. The van der Waals surface area contributed by atoms with Crippen molar-refractivity contribution >= 4 is 22.8 Å². The number of nitrogens with one attached hydrogen (secondary N) is 1. The number of carbonyl (C=O) groups is 2. The Morgan fingerprint density at radius 1 is 1.06 bits per heavy atom. The highest BCUT2D eigenvalue weighted by Crippen LogP contribution is 2.48. The van der Waals surface area contributed by atoms with Gasteiger partial charge in [0, 0.05) is 49.2 Å². The van der Waals surface area contributed by atoms with Gasteiger partial charge >= 0.3 is 6.03 Å². The number of ether oxygens (including phenoxy) is 1. The van der Waals surface area contributed by atoms with E-state index in [0.717, 1.165) is 46.6 Å². The van der Waals surface area contributed by atoms with Crippen LogP contribution in [0.3, 0.4) is 0 Å². The molecule has 2 aromatic carbocycles. The SMILES string of the molecule is COc1ccc2[nH]c3c(c2c1)C[C@@]1(C)C(=O)N(CCN2CC=CC2)C(=O)N1[C@@H]3c1ccccc1. The van der Waals surface area contributed by atoms with E-state index in [1.54, 1.807) is 7.11 Å². The van der Waals surface area contributed by atoms with E-state index in [1.807, 2.05) is 60.4 Å². The summed E-state index contributed by atoms with van der Waals surface area (Å²) in [5, 5.41) is 1.04. The van der Waals surface area contributed by atoms with E-state index in [9.17, 15) is 9.59 Å². The molecule has 1 aromatic heterocycles. The number of hydrogen-bond donors (Lipinski definition) is 1. The van der Waals surface area contributed by atoms with E-state index >= 15 is 0 Å². The molecule has 4 heterocycles. The Morgan fingerprint density at radius 2 is 1.82 bits per heavy atom. The van der Waals surface area contributed by atoms with Gasteiger partial charge in [0.05, 0.1) is 7.11 Å². The van der Waals surface area contributed by atoms with Crippen LogP contribution in [0.15, 0.2) is 60.7 Å². The fraction of sp³-hybridized carbons (Fsp3) is 0.333. The predicted octanol–water partition coefficient (Wildman–Crippen LogP) is 3.72. The molecular weight excluding hydrogens is 428 g/mol. The van der Waals surface area contributed by atoms with Gasteiger partial charge in [0.2, 0.25) is 0 Å². The summed E-state index contributed by atoms with van der Waals surface area (Å²) in [5.74, 6) is 0.654. The maximum absolute atomic E-state index is 13.8. The van der Waals surface area contributed by atoms with Gasteiger partial charge in [0.25, 0.3) is 5.91 Å². The maximum atomic E-state index is 13.8. The molecule has 0 spiro atoms. The first-order valence-electron chi connectivity index (χ1n) is 11.8. The molecule has 1 saturated heterocycles. The van der Waals surface area contributed by atoms with Crippen LogP contribution in [0.25, 0.3) is 10.9 Å². The fourth-order valence-electron chi connectivity index (χ4n) is 5.74. The molecule has 174 valence electrons. The molecule has 0 unspecified atom stereocenters. The molecule has 3 aromatic rings. The van der Waals surface area contributed by atoms with Gasteiger partial charge in [-0.3, -0.25) is 19.5 Å². The van der Waals surface area contributed by atoms with Gasteiger partial charge in [-0.05, 0) is 36.2 Å². The molecular formula is C27H28N4O3. The minimum atomic E-state index is -0.952. The van der Waals surface area contributed by atoms with E-state index in [0.29, 0.717) is 19.5 Å². The van der Waals surface area contributed by atoms with Gasteiger partial charge in [-0.25, -0.2) is 4.79 Å². The zero-order valence-corrected chi connectivity index (χ0v) is 19.5. The first-order chi connectivity index (χ1) is 16.5. The van der Waals surface area contributed by atoms with Crippen LogP contribution in [0.4, 0.5) is 4.79 Å². The van der Waals surface area contributed by atoms with Crippen LogP contribution in [0.1, 0.15) is 29.8 Å². The summed E-state index contributed by atoms with van der Waals surface area (Å²) < 4.78 is 5.48. The lowest BCUT2D eigenvalue weighted by Gasteiger charge is -2.42. The molecule has 7 nitrogen and oxygen atoms in total. The highest BCUT2D eigenvalue weighted by Gasteiger charge is 2.60. The van der Waals surface area contributed by atoms with E-state index < -0.39 is 5.54 Å². The molecule has 0 aliphatic carbocycles. The van der Waals surface area contributed by atoms with Gasteiger partial charge < -0.3 is 9.72 Å². The first kappa shape index (κ1) is 21.0. The summed E-state index contributed by atoms with van der Waals surface area (Å²) >= 11 is 0. The normalized spacial score (nSPS) is 24.2. The molecule has 0 radical (unpaired) electrons. The molecule has 1 N–H and O–H groups in total. The van der Waals surface area contributed by atoms with E-state index in [2.05, 4.69) is 22.0 Å². The average Bonchev–Trinajstić information content (AvgIpc) is 3.54. The number of aromatic amines is 1. The molecule has 6 rings (SSSR count). The molecule has 0 bridgehead atoms. The molecule has 3 amide bonds. The number of amides is 3. The Balaban J connectivity index is 1.46. The Hall–Kier alpha value is -3.58. The Labute approximate surface area is 198 Å². The number of hydrogen-bond acceptors (Lipinski definition) is 4. The number of urea groups is 1. The third-order valence-electron chi connectivity index (χ3n) is 7.52. The van der Waals surface area contributed by atoms with Crippen molar-refractivity contribution in [3.63, 3.8) is 0 Å². The van der Waals surface area contributed by atoms with Crippen LogP contribution in [0.2, 0.25) is 0 Å². The minimum absolute atomic E-state index is 0.117. The zero-order valence-electron chi connectivity index (χ0n) is 19.5. The van der Waals surface area contributed by atoms with Crippen molar-refractivity contribution in [2.24, 2.45) is 0 Å². The lowest BCUT2D eigenvalue weighted by molar-refractivity contribution is -0.133. The van der Waals surface area contributed by atoms with Crippen LogP contribution in [0.5, 0.6) is 5.75 Å². The molecule has 2 atom stereocenters. The molecule has 1 fully saturated rings. The summed E-state index contributed by atoms with van der Waals surface area (Å²) in [5.41, 5.74) is 3.06. The van der Waals surface area contributed by atoms with Gasteiger partial charge in [-0.1, -0.05) is 42.5 Å². The lowest BCUT2D eigenvalue weighted by atomic mass is 9.81. The van der Waals surface area contributed by atoms with Crippen LogP contribution in [-0.4, -0.2) is 70.4 Å². The number of fused-ring (bicyclic) bond motifs is 4. The summed E-state index contributed by atoms with van der Waals surface area (Å²) in [7, 11) is 1.66. The van der Waals surface area contributed by atoms with Crippen molar-refractivity contribution in [2.75, 3.05) is 33.3 Å². The summed E-state index contributed by atoms with van der Waals surface area (Å²) in [6.45, 7) is 4.72. The highest BCUT2D eigenvalue weighted by molar-refractivity contribution is 6.08. The minimum Gasteiger partial charge on any atom is -0.497 e. The fourth-order valence-corrected chi connectivity index (χ4v) is 5.74. The van der Waals surface area contributed by atoms with Crippen molar-refractivity contribution in [1.29, 1.82) is 0 Å². The Morgan fingerprint density at radius 3 is 2.56 bits per heavy atom. The second kappa shape index (κ2) is 7.74. The second-order valence-electron chi connectivity index (χ2n) is 9.53. The maximum Gasteiger partial charge on any atom is 0.328 e. The number of methoxy groups -OCH3 is 1. The van der Waals surface area contributed by atoms with Crippen molar-refractivity contribution in [1.82, 2.24) is 19.7 Å². The van der Waals surface area contributed by atoms with Gasteiger partial charge in [-0.15, -0.1) is 0 Å². The number of benzene rings is 2. The number of aromatic nitrogens is 1. The lowest BCUT2D eigenvalue weighted by Crippen LogP contribution is -2.53. The average molecular weight is 457 g/mol. The Bertz CT molecular complexity index is 1310. The number of imide groups is 1. The largest absolute Gasteiger partial charge is 0.497 e. The number of nitrogens with zero attached hydrogens (tertiary/aromatic N) is 3. The molecule has 34 heavy (non-hydrogen) atoms. The molecule has 3 aliphatic heterocycles. The molecule has 7 heteroatoms. The van der Waals surface area contributed by atoms with Crippen LogP contribution in [0, 0.1) is 0 Å². The third-order valence-corrected chi connectivity index (χ3v) is 7.52. The first-order valence-corrected chi connectivity index (χ1v) is 11.8. The smallest absolute Gasteiger partial charge is 0.328 e. The summed E-state index contributed by atoms with van der Waals surface area (Å²) in [4.78, 5) is 36.8. The zero-order chi connectivity index (χ0) is 23.4. The third kappa shape index (κ3) is 3.00. The second-order valence-corrected chi connectivity index (χ2v) is 9.53. The molecule has 0 saturated carbocycles. The summed E-state index contributed by atoms with van der Waals surface area (Å²) in [6, 6.07) is 15.4. The van der Waals surface area contributed by atoms with Crippen molar-refractivity contribution < 1.29 is 14.3 Å². The van der Waals surface area contributed by atoms with Crippen molar-refractivity contribution in [2.45, 2.75) is 24.9 Å². The van der Waals surface area contributed by atoms with Crippen LogP contribution >= 0.6 is 0 Å². The van der Waals surface area contributed by atoms with E-state index in [-0.39, 0.29) is 18.0 Å². The van der Waals surface area contributed by atoms with Gasteiger partial charge in [0.15, 0.2) is 0 Å². The number of carbonyl (C=O) groups excluding carboxylic acids is 2. The number of rotatable bonds is 5. The van der Waals surface area contributed by atoms with Crippen LogP contribution < -0.4 is 4.74 Å².